The highest BCUT2D eigenvalue weighted by atomic mass is 19.1. The summed E-state index contributed by atoms with van der Waals surface area (Å²) >= 11 is 0. The second kappa shape index (κ2) is 4.62. The van der Waals surface area contributed by atoms with E-state index < -0.39 is 11.4 Å². The van der Waals surface area contributed by atoms with E-state index in [0.29, 0.717) is 18.4 Å². The number of aliphatic hydroxyl groups is 1. The molecule has 0 unspecified atom stereocenters. The maximum absolute atomic E-state index is 13.9. The van der Waals surface area contributed by atoms with Gasteiger partial charge in [-0.05, 0) is 18.9 Å². The van der Waals surface area contributed by atoms with Crippen LogP contribution >= 0.6 is 0 Å². The van der Waals surface area contributed by atoms with Gasteiger partial charge in [-0.25, -0.2) is 4.39 Å². The van der Waals surface area contributed by atoms with Crippen molar-refractivity contribution in [2.45, 2.75) is 32.3 Å². The van der Waals surface area contributed by atoms with Gasteiger partial charge in [-0.2, -0.15) is 0 Å². The highest BCUT2D eigenvalue weighted by molar-refractivity contribution is 5.34. The third-order valence-electron chi connectivity index (χ3n) is 2.85. The van der Waals surface area contributed by atoms with Gasteiger partial charge in [0.25, 0.3) is 0 Å². The van der Waals surface area contributed by atoms with Gasteiger partial charge in [-0.1, -0.05) is 26.0 Å². The highest BCUT2D eigenvalue weighted by Gasteiger charge is 2.29. The third-order valence-corrected chi connectivity index (χ3v) is 2.85. The average molecular weight is 212 g/mol. The van der Waals surface area contributed by atoms with Crippen LogP contribution < -0.4 is 4.74 Å². The molecule has 1 rings (SSSR count). The van der Waals surface area contributed by atoms with Gasteiger partial charge in [-0.15, -0.1) is 0 Å². The summed E-state index contributed by atoms with van der Waals surface area (Å²) < 4.78 is 18.7. The van der Waals surface area contributed by atoms with Crippen LogP contribution in [0.25, 0.3) is 0 Å². The molecule has 0 aliphatic rings. The summed E-state index contributed by atoms with van der Waals surface area (Å²) in [5, 5.41) is 10.2. The largest absolute Gasteiger partial charge is 0.494 e. The molecule has 0 spiro atoms. The van der Waals surface area contributed by atoms with Gasteiger partial charge in [0.2, 0.25) is 0 Å². The van der Waals surface area contributed by atoms with Crippen molar-refractivity contribution in [1.82, 2.24) is 0 Å². The Morgan fingerprint density at radius 2 is 1.93 bits per heavy atom. The maximum atomic E-state index is 13.9. The number of benzene rings is 1. The van der Waals surface area contributed by atoms with Crippen LogP contribution in [-0.4, -0.2) is 12.2 Å². The van der Waals surface area contributed by atoms with E-state index >= 15 is 0 Å². The van der Waals surface area contributed by atoms with Crippen molar-refractivity contribution < 1.29 is 14.2 Å². The summed E-state index contributed by atoms with van der Waals surface area (Å²) in [4.78, 5) is 0. The smallest absolute Gasteiger partial charge is 0.171 e. The number of ether oxygens (including phenoxy) is 1. The van der Waals surface area contributed by atoms with Crippen LogP contribution in [0.15, 0.2) is 18.2 Å². The third kappa shape index (κ3) is 2.12. The van der Waals surface area contributed by atoms with Crippen molar-refractivity contribution in [3.05, 3.63) is 29.6 Å². The molecule has 3 heteroatoms. The Bertz CT molecular complexity index is 332. The minimum absolute atomic E-state index is 0.174. The number of hydrogen-bond acceptors (Lipinski definition) is 2. The molecule has 1 N–H and O–H groups in total. The Morgan fingerprint density at radius 1 is 1.33 bits per heavy atom. The van der Waals surface area contributed by atoms with E-state index in [0.717, 1.165) is 0 Å². The fraction of sp³-hybridized carbons (Fsp3) is 0.500. The Labute approximate surface area is 89.7 Å². The van der Waals surface area contributed by atoms with Gasteiger partial charge >= 0.3 is 0 Å². The van der Waals surface area contributed by atoms with Gasteiger partial charge in [-0.3, -0.25) is 0 Å². The molecule has 2 nitrogen and oxygen atoms in total. The summed E-state index contributed by atoms with van der Waals surface area (Å²) in [6.07, 6.45) is 0.959. The molecule has 0 saturated carbocycles. The number of hydrogen-bond donors (Lipinski definition) is 1. The molecule has 1 aromatic carbocycles. The first kappa shape index (κ1) is 12.0. The summed E-state index contributed by atoms with van der Waals surface area (Å²) in [6.45, 7) is 3.67. The maximum Gasteiger partial charge on any atom is 0.171 e. The van der Waals surface area contributed by atoms with Crippen LogP contribution in [-0.2, 0) is 5.60 Å². The van der Waals surface area contributed by atoms with E-state index in [1.54, 1.807) is 18.2 Å². The van der Waals surface area contributed by atoms with Gasteiger partial charge in [0.05, 0.1) is 12.7 Å². The molecule has 1 aromatic rings. The zero-order chi connectivity index (χ0) is 11.5. The zero-order valence-electron chi connectivity index (χ0n) is 9.38. The number of methoxy groups -OCH3 is 1. The molecule has 0 aromatic heterocycles. The Kier molecular flexibility index (Phi) is 3.69. The second-order valence-corrected chi connectivity index (χ2v) is 3.56. The molecular formula is C12H17FO2. The molecule has 0 bridgehead atoms. The van der Waals surface area contributed by atoms with Gasteiger partial charge in [0.15, 0.2) is 11.6 Å². The molecule has 0 saturated heterocycles. The van der Waals surface area contributed by atoms with Crippen LogP contribution in [0, 0.1) is 5.82 Å². The summed E-state index contributed by atoms with van der Waals surface area (Å²) in [7, 11) is 1.42. The fourth-order valence-electron chi connectivity index (χ4n) is 1.66. The Morgan fingerprint density at radius 3 is 2.40 bits per heavy atom. The molecule has 0 heterocycles. The molecule has 0 radical (unpaired) electrons. The van der Waals surface area contributed by atoms with Crippen LogP contribution in [0.1, 0.15) is 32.3 Å². The van der Waals surface area contributed by atoms with E-state index in [1.807, 2.05) is 13.8 Å². The lowest BCUT2D eigenvalue weighted by molar-refractivity contribution is 0.0244. The molecule has 0 fully saturated rings. The SMILES string of the molecule is CCC(O)(CC)c1cccc(OC)c1F. The van der Waals surface area contributed by atoms with Gasteiger partial charge in [0, 0.05) is 5.56 Å². The zero-order valence-corrected chi connectivity index (χ0v) is 9.38. The molecule has 0 atom stereocenters. The summed E-state index contributed by atoms with van der Waals surface area (Å²) in [5.41, 5.74) is -0.787. The quantitative estimate of drug-likeness (QED) is 0.831. The standard InChI is InChI=1S/C12H17FO2/c1-4-12(14,5-2)9-7-6-8-10(15-3)11(9)13/h6-8,14H,4-5H2,1-3H3. The van der Waals surface area contributed by atoms with E-state index in [9.17, 15) is 9.50 Å². The fourth-order valence-corrected chi connectivity index (χ4v) is 1.66. The molecule has 0 aliphatic heterocycles. The van der Waals surface area contributed by atoms with Crippen molar-refractivity contribution in [3.63, 3.8) is 0 Å². The lowest BCUT2D eigenvalue weighted by atomic mass is 9.88. The Balaban J connectivity index is 3.24. The van der Waals surface area contributed by atoms with E-state index in [-0.39, 0.29) is 5.75 Å². The second-order valence-electron chi connectivity index (χ2n) is 3.56. The van der Waals surface area contributed by atoms with Crippen molar-refractivity contribution in [3.8, 4) is 5.75 Å². The van der Waals surface area contributed by atoms with Crippen molar-refractivity contribution in [1.29, 1.82) is 0 Å². The van der Waals surface area contributed by atoms with Crippen LogP contribution in [0.3, 0.4) is 0 Å². The molecular weight excluding hydrogens is 195 g/mol. The minimum Gasteiger partial charge on any atom is -0.494 e. The molecule has 0 aliphatic carbocycles. The number of halogens is 1. The van der Waals surface area contributed by atoms with Crippen LogP contribution in [0.5, 0.6) is 5.75 Å². The predicted octanol–water partition coefficient (Wildman–Crippen LogP) is 2.84. The van der Waals surface area contributed by atoms with Gasteiger partial charge in [0.1, 0.15) is 0 Å². The first-order valence-corrected chi connectivity index (χ1v) is 5.14. The molecule has 15 heavy (non-hydrogen) atoms. The predicted molar refractivity (Wildman–Crippen MR) is 57.4 cm³/mol. The van der Waals surface area contributed by atoms with Gasteiger partial charge < -0.3 is 9.84 Å². The highest BCUT2D eigenvalue weighted by Crippen LogP contribution is 2.33. The monoisotopic (exact) mass is 212 g/mol. The van der Waals surface area contributed by atoms with Crippen LogP contribution in [0.4, 0.5) is 4.39 Å². The lowest BCUT2D eigenvalue weighted by Crippen LogP contribution is -2.25. The first-order valence-electron chi connectivity index (χ1n) is 5.14. The number of rotatable bonds is 4. The normalized spacial score (nSPS) is 11.5. The first-order chi connectivity index (χ1) is 7.09. The average Bonchev–Trinajstić information content (AvgIpc) is 2.28. The summed E-state index contributed by atoms with van der Waals surface area (Å²) in [6, 6.07) is 4.84. The van der Waals surface area contributed by atoms with Crippen molar-refractivity contribution in [2.75, 3.05) is 7.11 Å². The minimum atomic E-state index is -1.10. The molecule has 84 valence electrons. The topological polar surface area (TPSA) is 29.5 Å². The van der Waals surface area contributed by atoms with Crippen molar-refractivity contribution >= 4 is 0 Å². The Hall–Kier alpha value is -1.09. The summed E-state index contributed by atoms with van der Waals surface area (Å²) in [5.74, 6) is -0.293. The molecule has 0 amide bonds. The lowest BCUT2D eigenvalue weighted by Gasteiger charge is -2.26. The van der Waals surface area contributed by atoms with Crippen molar-refractivity contribution in [2.24, 2.45) is 0 Å². The van der Waals surface area contributed by atoms with E-state index in [2.05, 4.69) is 0 Å². The van der Waals surface area contributed by atoms with E-state index in [1.165, 1.54) is 7.11 Å². The van der Waals surface area contributed by atoms with Crippen LogP contribution in [0.2, 0.25) is 0 Å². The van der Waals surface area contributed by atoms with E-state index in [4.69, 9.17) is 4.74 Å².